The van der Waals surface area contributed by atoms with Crippen LogP contribution in [0.3, 0.4) is 0 Å². The Kier molecular flexibility index (Phi) is 3.92. The molecule has 6 heteroatoms. The lowest BCUT2D eigenvalue weighted by Crippen LogP contribution is -2.48. The second-order valence-electron chi connectivity index (χ2n) is 7.00. The van der Waals surface area contributed by atoms with E-state index in [1.807, 2.05) is 49.9 Å². The molecule has 23 heavy (non-hydrogen) atoms. The van der Waals surface area contributed by atoms with Gasteiger partial charge in [0.1, 0.15) is 5.60 Å². The van der Waals surface area contributed by atoms with Crippen molar-refractivity contribution in [1.82, 2.24) is 4.90 Å². The third-order valence-electron chi connectivity index (χ3n) is 4.04. The van der Waals surface area contributed by atoms with Gasteiger partial charge in [0.15, 0.2) is 0 Å². The van der Waals surface area contributed by atoms with Crippen LogP contribution in [0.1, 0.15) is 27.2 Å². The first-order chi connectivity index (χ1) is 10.8. The standard InChI is InChI=1S/C17H23N3O3/c1-17(2,3)23-16(22)19-9-8-12(11-19)20-14-7-5-4-6-13(14)18-10-15(20)21/h4-7,12,18H,8-11H2,1-3H3/t12-/m0/s1. The Labute approximate surface area is 136 Å². The highest BCUT2D eigenvalue weighted by molar-refractivity contribution is 6.03. The number of likely N-dealkylation sites (tertiary alicyclic amines) is 1. The van der Waals surface area contributed by atoms with Crippen molar-refractivity contribution in [3.63, 3.8) is 0 Å². The van der Waals surface area contributed by atoms with Gasteiger partial charge in [0.2, 0.25) is 5.91 Å². The molecule has 0 spiro atoms. The molecule has 0 unspecified atom stereocenters. The second-order valence-corrected chi connectivity index (χ2v) is 7.00. The number of hydrogen-bond acceptors (Lipinski definition) is 4. The minimum absolute atomic E-state index is 0.00160. The van der Waals surface area contributed by atoms with E-state index in [1.165, 1.54) is 0 Å². The van der Waals surface area contributed by atoms with Crippen LogP contribution in [0.4, 0.5) is 16.2 Å². The number of benzene rings is 1. The van der Waals surface area contributed by atoms with Gasteiger partial charge >= 0.3 is 6.09 Å². The normalized spacial score (nSPS) is 21.0. The summed E-state index contributed by atoms with van der Waals surface area (Å²) in [6.45, 7) is 6.98. The van der Waals surface area contributed by atoms with Crippen LogP contribution in [-0.2, 0) is 9.53 Å². The number of ether oxygens (including phenoxy) is 1. The maximum absolute atomic E-state index is 12.4. The fourth-order valence-corrected chi connectivity index (χ4v) is 3.07. The first-order valence-electron chi connectivity index (χ1n) is 7.98. The molecule has 1 aromatic rings. The maximum Gasteiger partial charge on any atom is 0.410 e. The second kappa shape index (κ2) is 5.76. The number of anilines is 2. The van der Waals surface area contributed by atoms with Crippen molar-refractivity contribution in [2.75, 3.05) is 29.9 Å². The molecule has 1 saturated heterocycles. The highest BCUT2D eigenvalue weighted by atomic mass is 16.6. The SMILES string of the molecule is CC(C)(C)OC(=O)N1CC[C@H](N2C(=O)CNc3ccccc32)C1. The average Bonchev–Trinajstić information content (AvgIpc) is 2.95. The summed E-state index contributed by atoms with van der Waals surface area (Å²) < 4.78 is 5.42. The monoisotopic (exact) mass is 317 g/mol. The van der Waals surface area contributed by atoms with Gasteiger partial charge < -0.3 is 19.9 Å². The molecular formula is C17H23N3O3. The van der Waals surface area contributed by atoms with Gasteiger partial charge in [0.05, 0.1) is 24.0 Å². The van der Waals surface area contributed by atoms with Crippen LogP contribution in [0.5, 0.6) is 0 Å². The lowest BCUT2D eigenvalue weighted by atomic mass is 10.1. The molecule has 2 heterocycles. The predicted molar refractivity (Wildman–Crippen MR) is 88.6 cm³/mol. The maximum atomic E-state index is 12.4. The number of amides is 2. The van der Waals surface area contributed by atoms with E-state index >= 15 is 0 Å². The number of nitrogens with zero attached hydrogens (tertiary/aromatic N) is 2. The molecule has 2 amide bonds. The van der Waals surface area contributed by atoms with Crippen LogP contribution in [0, 0.1) is 0 Å². The van der Waals surface area contributed by atoms with Crippen LogP contribution in [0.2, 0.25) is 0 Å². The molecule has 1 N–H and O–H groups in total. The molecule has 0 aromatic heterocycles. The van der Waals surface area contributed by atoms with Gasteiger partial charge in [-0.2, -0.15) is 0 Å². The zero-order valence-corrected chi connectivity index (χ0v) is 13.8. The van der Waals surface area contributed by atoms with Crippen molar-refractivity contribution in [3.8, 4) is 0 Å². The van der Waals surface area contributed by atoms with Crippen LogP contribution < -0.4 is 10.2 Å². The molecule has 2 aliphatic rings. The zero-order chi connectivity index (χ0) is 16.6. The fourth-order valence-electron chi connectivity index (χ4n) is 3.07. The molecule has 3 rings (SSSR count). The number of para-hydroxylation sites is 2. The predicted octanol–water partition coefficient (Wildman–Crippen LogP) is 2.45. The largest absolute Gasteiger partial charge is 0.444 e. The molecule has 124 valence electrons. The van der Waals surface area contributed by atoms with Crippen LogP contribution in [0.15, 0.2) is 24.3 Å². The third-order valence-corrected chi connectivity index (χ3v) is 4.04. The van der Waals surface area contributed by atoms with Crippen molar-refractivity contribution < 1.29 is 14.3 Å². The van der Waals surface area contributed by atoms with Gasteiger partial charge in [-0.3, -0.25) is 4.79 Å². The number of nitrogens with one attached hydrogen (secondary N) is 1. The molecule has 1 fully saturated rings. The molecule has 1 aromatic carbocycles. The van der Waals surface area contributed by atoms with E-state index < -0.39 is 5.60 Å². The number of carbonyl (C=O) groups excluding carboxylic acids is 2. The van der Waals surface area contributed by atoms with E-state index in [0.717, 1.165) is 17.8 Å². The van der Waals surface area contributed by atoms with Crippen LogP contribution >= 0.6 is 0 Å². The minimum atomic E-state index is -0.507. The topological polar surface area (TPSA) is 61.9 Å². The number of carbonyl (C=O) groups is 2. The Balaban J connectivity index is 1.74. The first-order valence-corrected chi connectivity index (χ1v) is 7.98. The Morgan fingerprint density at radius 3 is 2.78 bits per heavy atom. The van der Waals surface area contributed by atoms with Crippen LogP contribution in [-0.4, -0.2) is 48.2 Å². The highest BCUT2D eigenvalue weighted by Gasteiger charge is 2.37. The quantitative estimate of drug-likeness (QED) is 0.864. The Bertz CT molecular complexity index is 624. The number of fused-ring (bicyclic) bond motifs is 1. The van der Waals surface area contributed by atoms with Crippen molar-refractivity contribution in [1.29, 1.82) is 0 Å². The van der Waals surface area contributed by atoms with Gasteiger partial charge in [0.25, 0.3) is 0 Å². The molecular weight excluding hydrogens is 294 g/mol. The fraction of sp³-hybridized carbons (Fsp3) is 0.529. The van der Waals surface area contributed by atoms with Gasteiger partial charge in [-0.25, -0.2) is 4.79 Å². The molecule has 0 aliphatic carbocycles. The lowest BCUT2D eigenvalue weighted by Gasteiger charge is -2.34. The van der Waals surface area contributed by atoms with Gasteiger partial charge in [0, 0.05) is 13.1 Å². The summed E-state index contributed by atoms with van der Waals surface area (Å²) in [5, 5.41) is 3.13. The number of hydrogen-bond donors (Lipinski definition) is 1. The molecule has 1 atom stereocenters. The molecule has 0 saturated carbocycles. The van der Waals surface area contributed by atoms with Crippen molar-refractivity contribution in [3.05, 3.63) is 24.3 Å². The summed E-state index contributed by atoms with van der Waals surface area (Å²) in [7, 11) is 0. The van der Waals surface area contributed by atoms with E-state index in [2.05, 4.69) is 5.32 Å². The van der Waals surface area contributed by atoms with Crippen molar-refractivity contribution in [2.45, 2.75) is 38.8 Å². The summed E-state index contributed by atoms with van der Waals surface area (Å²) >= 11 is 0. The Hall–Kier alpha value is -2.24. The zero-order valence-electron chi connectivity index (χ0n) is 13.8. The van der Waals surface area contributed by atoms with Gasteiger partial charge in [-0.15, -0.1) is 0 Å². The molecule has 0 bridgehead atoms. The minimum Gasteiger partial charge on any atom is -0.444 e. The summed E-state index contributed by atoms with van der Waals surface area (Å²) in [6, 6.07) is 7.78. The molecule has 6 nitrogen and oxygen atoms in total. The summed E-state index contributed by atoms with van der Waals surface area (Å²) in [4.78, 5) is 28.1. The van der Waals surface area contributed by atoms with Crippen LogP contribution in [0.25, 0.3) is 0 Å². The third kappa shape index (κ3) is 3.25. The van der Waals surface area contributed by atoms with E-state index in [0.29, 0.717) is 19.6 Å². The summed E-state index contributed by atoms with van der Waals surface area (Å²) in [5.41, 5.74) is 1.34. The smallest absolute Gasteiger partial charge is 0.410 e. The molecule has 2 aliphatic heterocycles. The van der Waals surface area contributed by atoms with E-state index in [-0.39, 0.29) is 18.0 Å². The van der Waals surface area contributed by atoms with Crippen molar-refractivity contribution >= 4 is 23.4 Å². The van der Waals surface area contributed by atoms with Crippen molar-refractivity contribution in [2.24, 2.45) is 0 Å². The Morgan fingerprint density at radius 1 is 1.30 bits per heavy atom. The highest BCUT2D eigenvalue weighted by Crippen LogP contribution is 2.33. The lowest BCUT2D eigenvalue weighted by molar-refractivity contribution is -0.117. The Morgan fingerprint density at radius 2 is 2.04 bits per heavy atom. The van der Waals surface area contributed by atoms with E-state index in [9.17, 15) is 9.59 Å². The average molecular weight is 317 g/mol. The van der Waals surface area contributed by atoms with E-state index in [1.54, 1.807) is 4.90 Å². The summed E-state index contributed by atoms with van der Waals surface area (Å²) in [6.07, 6.45) is 0.454. The first kappa shape index (κ1) is 15.6. The van der Waals surface area contributed by atoms with E-state index in [4.69, 9.17) is 4.74 Å². The molecule has 0 radical (unpaired) electrons. The van der Waals surface area contributed by atoms with Gasteiger partial charge in [-0.1, -0.05) is 12.1 Å². The van der Waals surface area contributed by atoms with Gasteiger partial charge in [-0.05, 0) is 39.3 Å². The summed E-state index contributed by atoms with van der Waals surface area (Å²) in [5.74, 6) is 0.0414. The number of rotatable bonds is 1.